The van der Waals surface area contributed by atoms with Crippen LogP contribution in [0.5, 0.6) is 0 Å². The number of carbonyl (C=O) groups excluding carboxylic acids is 1. The van der Waals surface area contributed by atoms with Crippen molar-refractivity contribution in [3.63, 3.8) is 0 Å². The molecule has 2 N–H and O–H groups in total. The van der Waals surface area contributed by atoms with Crippen LogP contribution in [0.1, 0.15) is 22.8 Å². The minimum atomic E-state index is -3.47. The number of nitrogens with two attached hydrogens (primary N) is 1. The molecule has 0 saturated carbocycles. The standard InChI is InChI=1S/C13H20N2O4S/c1-10(8-14)15(2)20(17,18)9-11-5-4-6-12(7-11)13(16)19-3/h4-7,10H,8-9,14H2,1-3H3. The number of hydrogen-bond donors (Lipinski definition) is 1. The molecule has 0 spiro atoms. The van der Waals surface area contributed by atoms with Crippen LogP contribution in [0.15, 0.2) is 24.3 Å². The number of nitrogens with zero attached hydrogens (tertiary/aromatic N) is 1. The van der Waals surface area contributed by atoms with E-state index in [9.17, 15) is 13.2 Å². The highest BCUT2D eigenvalue weighted by molar-refractivity contribution is 7.88. The summed E-state index contributed by atoms with van der Waals surface area (Å²) in [6.45, 7) is 1.99. The fraction of sp³-hybridized carbons (Fsp3) is 0.462. The molecule has 0 amide bonds. The fourth-order valence-electron chi connectivity index (χ4n) is 1.64. The SMILES string of the molecule is COC(=O)c1cccc(CS(=O)(=O)N(C)C(C)CN)c1. The van der Waals surface area contributed by atoms with Crippen molar-refractivity contribution in [2.45, 2.75) is 18.7 Å². The van der Waals surface area contributed by atoms with Gasteiger partial charge in [0.15, 0.2) is 0 Å². The molecular formula is C13H20N2O4S. The molecule has 0 radical (unpaired) electrons. The molecule has 0 fully saturated rings. The van der Waals surface area contributed by atoms with Gasteiger partial charge in [-0.25, -0.2) is 17.5 Å². The Bertz CT molecular complexity index is 571. The number of rotatable bonds is 6. The number of esters is 1. The van der Waals surface area contributed by atoms with Crippen LogP contribution in [0.25, 0.3) is 0 Å². The number of sulfonamides is 1. The van der Waals surface area contributed by atoms with Gasteiger partial charge in [0.1, 0.15) is 0 Å². The molecule has 1 aromatic rings. The van der Waals surface area contributed by atoms with E-state index in [1.54, 1.807) is 25.1 Å². The number of hydrogen-bond acceptors (Lipinski definition) is 5. The van der Waals surface area contributed by atoms with Crippen LogP contribution in [0, 0.1) is 0 Å². The summed E-state index contributed by atoms with van der Waals surface area (Å²) in [7, 11) is -0.695. The molecule has 7 heteroatoms. The van der Waals surface area contributed by atoms with Gasteiger partial charge in [0.25, 0.3) is 0 Å². The summed E-state index contributed by atoms with van der Waals surface area (Å²) in [6.07, 6.45) is 0. The maximum Gasteiger partial charge on any atom is 0.337 e. The van der Waals surface area contributed by atoms with Crippen molar-refractivity contribution in [1.82, 2.24) is 4.31 Å². The molecule has 0 aliphatic rings. The average Bonchev–Trinajstić information content (AvgIpc) is 2.44. The molecular weight excluding hydrogens is 280 g/mol. The smallest absolute Gasteiger partial charge is 0.337 e. The van der Waals surface area contributed by atoms with Crippen molar-refractivity contribution in [3.05, 3.63) is 35.4 Å². The quantitative estimate of drug-likeness (QED) is 0.776. The van der Waals surface area contributed by atoms with Crippen molar-refractivity contribution in [1.29, 1.82) is 0 Å². The van der Waals surface area contributed by atoms with E-state index in [2.05, 4.69) is 4.74 Å². The van der Waals surface area contributed by atoms with Gasteiger partial charge in [-0.05, 0) is 24.6 Å². The van der Waals surface area contributed by atoms with Crippen molar-refractivity contribution < 1.29 is 17.9 Å². The highest BCUT2D eigenvalue weighted by Gasteiger charge is 2.23. The Kier molecular flexibility index (Phi) is 5.67. The summed E-state index contributed by atoms with van der Waals surface area (Å²) in [5, 5.41) is 0. The van der Waals surface area contributed by atoms with Gasteiger partial charge in [-0.2, -0.15) is 0 Å². The van der Waals surface area contributed by atoms with Crippen molar-refractivity contribution in [2.24, 2.45) is 5.73 Å². The molecule has 0 bridgehead atoms. The van der Waals surface area contributed by atoms with Crippen LogP contribution >= 0.6 is 0 Å². The molecule has 0 saturated heterocycles. The second-order valence-corrected chi connectivity index (χ2v) is 6.58. The van der Waals surface area contributed by atoms with Crippen LogP contribution in [0.3, 0.4) is 0 Å². The molecule has 0 aliphatic carbocycles. The number of methoxy groups -OCH3 is 1. The topological polar surface area (TPSA) is 89.7 Å². The van der Waals surface area contributed by atoms with Gasteiger partial charge in [-0.1, -0.05) is 12.1 Å². The molecule has 6 nitrogen and oxygen atoms in total. The molecule has 0 aliphatic heterocycles. The zero-order valence-electron chi connectivity index (χ0n) is 11.9. The maximum absolute atomic E-state index is 12.2. The number of likely N-dealkylation sites (N-methyl/N-ethyl adjacent to an activating group) is 1. The van der Waals surface area contributed by atoms with E-state index >= 15 is 0 Å². The molecule has 1 aromatic carbocycles. The summed E-state index contributed by atoms with van der Waals surface area (Å²) in [5.41, 5.74) is 6.34. The first-order valence-corrected chi connectivity index (χ1v) is 7.75. The van der Waals surface area contributed by atoms with Crippen molar-refractivity contribution >= 4 is 16.0 Å². The normalized spacial score (nSPS) is 13.2. The number of ether oxygens (including phenoxy) is 1. The summed E-state index contributed by atoms with van der Waals surface area (Å²) in [4.78, 5) is 11.4. The lowest BCUT2D eigenvalue weighted by atomic mass is 10.1. The summed E-state index contributed by atoms with van der Waals surface area (Å²) >= 11 is 0. The lowest BCUT2D eigenvalue weighted by Gasteiger charge is -2.23. The second-order valence-electron chi connectivity index (χ2n) is 4.55. The van der Waals surface area contributed by atoms with Gasteiger partial charge in [0.2, 0.25) is 10.0 Å². The van der Waals surface area contributed by atoms with Gasteiger partial charge in [0, 0.05) is 19.6 Å². The Balaban J connectivity index is 2.96. The third-order valence-electron chi connectivity index (χ3n) is 3.10. The average molecular weight is 300 g/mol. The van der Waals surface area contributed by atoms with Gasteiger partial charge in [-0.15, -0.1) is 0 Å². The van der Waals surface area contributed by atoms with Gasteiger partial charge < -0.3 is 10.5 Å². The lowest BCUT2D eigenvalue weighted by Crippen LogP contribution is -2.40. The molecule has 1 unspecified atom stereocenters. The zero-order valence-corrected chi connectivity index (χ0v) is 12.7. The third kappa shape index (κ3) is 4.03. The monoisotopic (exact) mass is 300 g/mol. The van der Waals surface area contributed by atoms with Crippen molar-refractivity contribution in [2.75, 3.05) is 20.7 Å². The Hall–Kier alpha value is -1.44. The predicted octanol–water partition coefficient (Wildman–Crippen LogP) is 0.582. The van der Waals surface area contributed by atoms with Crippen LogP contribution in [0.4, 0.5) is 0 Å². The van der Waals surface area contributed by atoms with Crippen molar-refractivity contribution in [3.8, 4) is 0 Å². The molecule has 112 valence electrons. The Labute approximate surface area is 119 Å². The maximum atomic E-state index is 12.2. The summed E-state index contributed by atoms with van der Waals surface area (Å²) in [5.74, 6) is -0.675. The highest BCUT2D eigenvalue weighted by atomic mass is 32.2. The Morgan fingerprint density at radius 1 is 1.45 bits per heavy atom. The zero-order chi connectivity index (χ0) is 15.3. The van der Waals surface area contributed by atoms with E-state index in [1.165, 1.54) is 24.5 Å². The summed E-state index contributed by atoms with van der Waals surface area (Å²) in [6, 6.07) is 6.11. The van der Waals surface area contributed by atoms with Gasteiger partial charge in [0.05, 0.1) is 18.4 Å². The minimum Gasteiger partial charge on any atom is -0.465 e. The predicted molar refractivity (Wildman–Crippen MR) is 76.7 cm³/mol. The third-order valence-corrected chi connectivity index (χ3v) is 5.03. The van der Waals surface area contributed by atoms with Crippen LogP contribution in [-0.4, -0.2) is 45.4 Å². The Morgan fingerprint density at radius 2 is 2.10 bits per heavy atom. The number of benzene rings is 1. The second kappa shape index (κ2) is 6.83. The van der Waals surface area contributed by atoms with E-state index in [0.29, 0.717) is 11.1 Å². The van der Waals surface area contributed by atoms with Gasteiger partial charge >= 0.3 is 5.97 Å². The van der Waals surface area contributed by atoms with E-state index < -0.39 is 16.0 Å². The van der Waals surface area contributed by atoms with E-state index in [4.69, 9.17) is 5.73 Å². The lowest BCUT2D eigenvalue weighted by molar-refractivity contribution is 0.0600. The largest absolute Gasteiger partial charge is 0.465 e. The molecule has 0 aromatic heterocycles. The Morgan fingerprint density at radius 3 is 2.65 bits per heavy atom. The molecule has 1 atom stereocenters. The van der Waals surface area contributed by atoms with Gasteiger partial charge in [-0.3, -0.25) is 0 Å². The highest BCUT2D eigenvalue weighted by Crippen LogP contribution is 2.14. The first kappa shape index (κ1) is 16.6. The first-order valence-electron chi connectivity index (χ1n) is 6.15. The van der Waals surface area contributed by atoms with Crippen LogP contribution in [-0.2, 0) is 20.5 Å². The minimum absolute atomic E-state index is 0.182. The van der Waals surface area contributed by atoms with E-state index in [1.807, 2.05) is 0 Å². The molecule has 20 heavy (non-hydrogen) atoms. The fourth-order valence-corrected chi connectivity index (χ4v) is 3.08. The molecule has 0 heterocycles. The first-order chi connectivity index (χ1) is 9.31. The number of carbonyl (C=O) groups is 1. The van der Waals surface area contributed by atoms with E-state index in [-0.39, 0.29) is 18.3 Å². The summed E-state index contributed by atoms with van der Waals surface area (Å²) < 4.78 is 30.3. The molecule has 1 rings (SSSR count). The van der Waals surface area contributed by atoms with Crippen LogP contribution < -0.4 is 5.73 Å². The van der Waals surface area contributed by atoms with Crippen LogP contribution in [0.2, 0.25) is 0 Å². The van der Waals surface area contributed by atoms with E-state index in [0.717, 1.165) is 0 Å².